The van der Waals surface area contributed by atoms with Crippen molar-refractivity contribution in [3.8, 4) is 0 Å². The van der Waals surface area contributed by atoms with Crippen LogP contribution >= 0.6 is 0 Å². The number of amides is 1. The van der Waals surface area contributed by atoms with Crippen molar-refractivity contribution in [3.63, 3.8) is 0 Å². The molecule has 1 saturated carbocycles. The lowest BCUT2D eigenvalue weighted by Crippen LogP contribution is -2.38. The van der Waals surface area contributed by atoms with Crippen molar-refractivity contribution >= 4 is 27.6 Å². The van der Waals surface area contributed by atoms with E-state index >= 15 is 0 Å². The van der Waals surface area contributed by atoms with Crippen LogP contribution in [-0.2, 0) is 19.6 Å². The molecule has 172 valence electrons. The number of carbonyl (C=O) groups is 2. The lowest BCUT2D eigenvalue weighted by molar-refractivity contribution is -0.123. The third-order valence-corrected chi connectivity index (χ3v) is 7.72. The van der Waals surface area contributed by atoms with Crippen LogP contribution in [0.1, 0.15) is 54.9 Å². The van der Waals surface area contributed by atoms with Crippen molar-refractivity contribution in [2.45, 2.75) is 63.0 Å². The monoisotopic (exact) mass is 458 g/mol. The summed E-state index contributed by atoms with van der Waals surface area (Å²) < 4.78 is 32.6. The fraction of sp³-hybridized carbons (Fsp3) is 0.417. The number of nitrogens with zero attached hydrogens (tertiary/aromatic N) is 1. The molecule has 8 heteroatoms. The van der Waals surface area contributed by atoms with E-state index in [1.165, 1.54) is 35.5 Å². The quantitative estimate of drug-likeness (QED) is 0.630. The number of anilines is 1. The summed E-state index contributed by atoms with van der Waals surface area (Å²) >= 11 is 0. The van der Waals surface area contributed by atoms with Crippen LogP contribution in [0, 0.1) is 6.92 Å². The van der Waals surface area contributed by atoms with Gasteiger partial charge in [0.05, 0.1) is 10.5 Å². The Morgan fingerprint density at radius 3 is 2.34 bits per heavy atom. The Labute approximate surface area is 189 Å². The number of aryl methyl sites for hydroxylation is 1. The average molecular weight is 459 g/mol. The molecule has 1 unspecified atom stereocenters. The average Bonchev–Trinajstić information content (AvgIpc) is 2.79. The molecule has 0 bridgehead atoms. The first-order valence-corrected chi connectivity index (χ1v) is 12.3. The van der Waals surface area contributed by atoms with E-state index in [9.17, 15) is 18.0 Å². The van der Waals surface area contributed by atoms with Crippen LogP contribution in [0.25, 0.3) is 0 Å². The number of rotatable bonds is 7. The van der Waals surface area contributed by atoms with E-state index in [0.717, 1.165) is 37.7 Å². The van der Waals surface area contributed by atoms with Gasteiger partial charge in [-0.3, -0.25) is 4.79 Å². The van der Waals surface area contributed by atoms with Gasteiger partial charge in [0.25, 0.3) is 5.91 Å². The van der Waals surface area contributed by atoms with Crippen LogP contribution in [0.15, 0.2) is 53.4 Å². The second-order valence-electron chi connectivity index (χ2n) is 8.24. The zero-order valence-electron chi connectivity index (χ0n) is 18.7. The Hall–Kier alpha value is -2.71. The van der Waals surface area contributed by atoms with E-state index in [1.54, 1.807) is 13.1 Å². The van der Waals surface area contributed by atoms with Crippen LogP contribution in [-0.4, -0.2) is 43.8 Å². The number of hydrogen-bond acceptors (Lipinski definition) is 5. The molecule has 1 fully saturated rings. The van der Waals surface area contributed by atoms with Crippen LogP contribution in [0.2, 0.25) is 0 Å². The van der Waals surface area contributed by atoms with Crippen molar-refractivity contribution in [1.82, 2.24) is 4.31 Å². The molecule has 0 radical (unpaired) electrons. The largest absolute Gasteiger partial charge is 0.449 e. The Bertz CT molecular complexity index is 1060. The molecule has 1 atom stereocenters. The number of esters is 1. The summed E-state index contributed by atoms with van der Waals surface area (Å²) in [5.74, 6) is -1.14. The number of hydrogen-bond donors (Lipinski definition) is 1. The SMILES string of the molecule is Cc1cccc(NC(=O)C(C)OC(=O)c2ccc(S(=O)(=O)N(C)C3CCCCC3)cc2)c1. The molecule has 1 aliphatic carbocycles. The fourth-order valence-electron chi connectivity index (χ4n) is 3.82. The first kappa shape index (κ1) is 23.9. The van der Waals surface area contributed by atoms with Gasteiger partial charge in [-0.2, -0.15) is 4.31 Å². The Morgan fingerprint density at radius 1 is 1.06 bits per heavy atom. The molecule has 0 aliphatic heterocycles. The highest BCUT2D eigenvalue weighted by molar-refractivity contribution is 7.89. The maximum atomic E-state index is 12.9. The van der Waals surface area contributed by atoms with Gasteiger partial charge >= 0.3 is 5.97 Å². The lowest BCUT2D eigenvalue weighted by atomic mass is 9.96. The Morgan fingerprint density at radius 2 is 1.72 bits per heavy atom. The van der Waals surface area contributed by atoms with Gasteiger partial charge in [-0.1, -0.05) is 31.4 Å². The standard InChI is InChI=1S/C24H30N2O5S/c1-17-8-7-9-20(16-17)25-23(27)18(2)31-24(28)19-12-14-22(15-13-19)32(29,30)26(3)21-10-5-4-6-11-21/h7-9,12-16,18,21H,4-6,10-11H2,1-3H3,(H,25,27). The minimum Gasteiger partial charge on any atom is -0.449 e. The van der Waals surface area contributed by atoms with Crippen molar-refractivity contribution in [3.05, 3.63) is 59.7 Å². The van der Waals surface area contributed by atoms with Gasteiger partial charge in [0.15, 0.2) is 6.10 Å². The van der Waals surface area contributed by atoms with Gasteiger partial charge in [-0.15, -0.1) is 0 Å². The normalized spacial score (nSPS) is 15.9. The van der Waals surface area contributed by atoms with Crippen molar-refractivity contribution in [2.24, 2.45) is 0 Å². The number of sulfonamides is 1. The highest BCUT2D eigenvalue weighted by Gasteiger charge is 2.29. The maximum Gasteiger partial charge on any atom is 0.338 e. The molecule has 7 nitrogen and oxygen atoms in total. The second-order valence-corrected chi connectivity index (χ2v) is 10.2. The van der Waals surface area contributed by atoms with Gasteiger partial charge in [-0.25, -0.2) is 13.2 Å². The van der Waals surface area contributed by atoms with Crippen LogP contribution in [0.5, 0.6) is 0 Å². The highest BCUT2D eigenvalue weighted by atomic mass is 32.2. The van der Waals surface area contributed by atoms with Crippen LogP contribution < -0.4 is 5.32 Å². The molecule has 32 heavy (non-hydrogen) atoms. The summed E-state index contributed by atoms with van der Waals surface area (Å²) in [5.41, 5.74) is 1.80. The molecule has 2 aromatic carbocycles. The number of carbonyl (C=O) groups excluding carboxylic acids is 2. The van der Waals surface area contributed by atoms with E-state index in [1.807, 2.05) is 25.1 Å². The van der Waals surface area contributed by atoms with Gasteiger partial charge in [0, 0.05) is 18.8 Å². The zero-order valence-corrected chi connectivity index (χ0v) is 19.5. The van der Waals surface area contributed by atoms with Crippen molar-refractivity contribution in [2.75, 3.05) is 12.4 Å². The molecular formula is C24H30N2O5S. The maximum absolute atomic E-state index is 12.9. The molecule has 1 aliphatic rings. The highest BCUT2D eigenvalue weighted by Crippen LogP contribution is 2.26. The second kappa shape index (κ2) is 10.3. The minimum atomic E-state index is -3.64. The summed E-state index contributed by atoms with van der Waals surface area (Å²) in [6, 6.07) is 12.9. The predicted molar refractivity (Wildman–Crippen MR) is 123 cm³/mol. The number of benzene rings is 2. The predicted octanol–water partition coefficient (Wildman–Crippen LogP) is 4.13. The van der Waals surface area contributed by atoms with E-state index in [2.05, 4.69) is 5.32 Å². The van der Waals surface area contributed by atoms with Gasteiger partial charge in [-0.05, 0) is 68.7 Å². The molecular weight excluding hydrogens is 428 g/mol. The summed E-state index contributed by atoms with van der Waals surface area (Å²) in [6.45, 7) is 3.40. The number of ether oxygens (including phenoxy) is 1. The van der Waals surface area contributed by atoms with Gasteiger partial charge in [0.1, 0.15) is 0 Å². The first-order valence-electron chi connectivity index (χ1n) is 10.8. The minimum absolute atomic E-state index is 0.00570. The molecule has 3 rings (SSSR count). The van der Waals surface area contributed by atoms with E-state index < -0.39 is 28.0 Å². The smallest absolute Gasteiger partial charge is 0.338 e. The summed E-state index contributed by atoms with van der Waals surface area (Å²) in [7, 11) is -2.03. The van der Waals surface area contributed by atoms with Gasteiger partial charge < -0.3 is 10.1 Å². The zero-order chi connectivity index (χ0) is 23.3. The lowest BCUT2D eigenvalue weighted by Gasteiger charge is -2.30. The number of nitrogens with one attached hydrogen (secondary N) is 1. The Kier molecular flexibility index (Phi) is 7.69. The van der Waals surface area contributed by atoms with Crippen LogP contribution in [0.4, 0.5) is 5.69 Å². The Balaban J connectivity index is 1.62. The molecule has 0 aromatic heterocycles. The molecule has 1 N–H and O–H groups in total. The van der Waals surface area contributed by atoms with Crippen molar-refractivity contribution < 1.29 is 22.7 Å². The summed E-state index contributed by atoms with van der Waals surface area (Å²) in [6.07, 6.45) is 3.92. The van der Waals surface area contributed by atoms with Crippen LogP contribution in [0.3, 0.4) is 0 Å². The fourth-order valence-corrected chi connectivity index (χ4v) is 5.23. The topological polar surface area (TPSA) is 92.8 Å². The van der Waals surface area contributed by atoms with Crippen molar-refractivity contribution in [1.29, 1.82) is 0 Å². The summed E-state index contributed by atoms with van der Waals surface area (Å²) in [5, 5.41) is 2.71. The van der Waals surface area contributed by atoms with E-state index in [4.69, 9.17) is 4.74 Å². The summed E-state index contributed by atoms with van der Waals surface area (Å²) in [4.78, 5) is 24.9. The molecule has 2 aromatic rings. The molecule has 1 amide bonds. The first-order chi connectivity index (χ1) is 15.2. The van der Waals surface area contributed by atoms with Gasteiger partial charge in [0.2, 0.25) is 10.0 Å². The third kappa shape index (κ3) is 5.75. The molecule has 0 saturated heterocycles. The molecule has 0 spiro atoms. The third-order valence-electron chi connectivity index (χ3n) is 5.79. The van der Waals surface area contributed by atoms with E-state index in [0.29, 0.717) is 5.69 Å². The molecule has 0 heterocycles. The van der Waals surface area contributed by atoms with E-state index in [-0.39, 0.29) is 16.5 Å².